The van der Waals surface area contributed by atoms with Gasteiger partial charge in [0.1, 0.15) is 0 Å². The molecule has 0 spiro atoms. The van der Waals surface area contributed by atoms with Crippen molar-refractivity contribution >= 4 is 0 Å². The fourth-order valence-corrected chi connectivity index (χ4v) is 2.55. The van der Waals surface area contributed by atoms with Gasteiger partial charge in [0.25, 0.3) is 0 Å². The fourth-order valence-electron chi connectivity index (χ4n) is 2.55. The van der Waals surface area contributed by atoms with E-state index in [1.165, 1.54) is 16.7 Å². The maximum Gasteiger partial charge on any atom is 0.0318 e. The van der Waals surface area contributed by atoms with Crippen LogP contribution in [0.25, 0.3) is 0 Å². The molecule has 0 bridgehead atoms. The third-order valence-electron chi connectivity index (χ3n) is 3.88. The summed E-state index contributed by atoms with van der Waals surface area (Å²) in [5.41, 5.74) is 14.3. The number of nitrogens with two attached hydrogens (primary N) is 1. The predicted molar refractivity (Wildman–Crippen MR) is 94.0 cm³/mol. The molecule has 1 aliphatic rings. The average Bonchev–Trinajstić information content (AvgIpc) is 2.68. The van der Waals surface area contributed by atoms with Crippen molar-refractivity contribution in [2.45, 2.75) is 39.7 Å². The first-order valence-corrected chi connectivity index (χ1v) is 7.59. The highest BCUT2D eigenvalue weighted by Gasteiger charge is 2.22. The second-order valence-corrected chi connectivity index (χ2v) is 5.51. The van der Waals surface area contributed by atoms with E-state index >= 15 is 0 Å². The van der Waals surface area contributed by atoms with Crippen LogP contribution < -0.4 is 5.73 Å². The highest BCUT2D eigenvalue weighted by atomic mass is 14.7. The van der Waals surface area contributed by atoms with Gasteiger partial charge in [-0.25, -0.2) is 0 Å². The summed E-state index contributed by atoms with van der Waals surface area (Å²) < 4.78 is 0. The molecule has 2 unspecified atom stereocenters. The summed E-state index contributed by atoms with van der Waals surface area (Å²) in [4.78, 5) is 0. The van der Waals surface area contributed by atoms with Gasteiger partial charge in [0.05, 0.1) is 0 Å². The Morgan fingerprint density at radius 3 is 2.67 bits per heavy atom. The van der Waals surface area contributed by atoms with Crippen LogP contribution in [0, 0.1) is 5.92 Å². The second kappa shape index (κ2) is 8.46. The molecule has 0 heterocycles. The second-order valence-electron chi connectivity index (χ2n) is 5.51. The van der Waals surface area contributed by atoms with Crippen LogP contribution >= 0.6 is 0 Å². The summed E-state index contributed by atoms with van der Waals surface area (Å²) in [5, 5.41) is 0. The predicted octanol–water partition coefficient (Wildman–Crippen LogP) is 5.02. The largest absolute Gasteiger partial charge is 0.324 e. The highest BCUT2D eigenvalue weighted by molar-refractivity contribution is 5.52. The van der Waals surface area contributed by atoms with Crippen molar-refractivity contribution < 1.29 is 0 Å². The number of hydrogen-bond donors (Lipinski definition) is 1. The van der Waals surface area contributed by atoms with E-state index in [-0.39, 0.29) is 12.0 Å². The van der Waals surface area contributed by atoms with Crippen LogP contribution in [-0.4, -0.2) is 6.04 Å². The summed E-state index contributed by atoms with van der Waals surface area (Å²) in [5.74, 6) is 0.197. The Labute approximate surface area is 129 Å². The van der Waals surface area contributed by atoms with Crippen LogP contribution in [-0.2, 0) is 0 Å². The first kappa shape index (κ1) is 17.2. The lowest BCUT2D eigenvalue weighted by Gasteiger charge is -2.26. The van der Waals surface area contributed by atoms with Crippen LogP contribution in [0.4, 0.5) is 0 Å². The van der Waals surface area contributed by atoms with E-state index in [9.17, 15) is 0 Å². The van der Waals surface area contributed by atoms with E-state index in [4.69, 9.17) is 5.73 Å². The van der Waals surface area contributed by atoms with Crippen LogP contribution in [0.15, 0.2) is 77.6 Å². The molecule has 2 atom stereocenters. The number of hydrogen-bond acceptors (Lipinski definition) is 1. The molecule has 0 aliphatic heterocycles. The lowest BCUT2D eigenvalue weighted by Crippen LogP contribution is -2.31. The molecule has 0 fully saturated rings. The zero-order valence-electron chi connectivity index (χ0n) is 13.5. The minimum atomic E-state index is -0.0370. The van der Waals surface area contributed by atoms with Gasteiger partial charge in [-0.3, -0.25) is 0 Å². The van der Waals surface area contributed by atoms with Gasteiger partial charge in [-0.2, -0.15) is 0 Å². The van der Waals surface area contributed by atoms with Crippen molar-refractivity contribution in [1.82, 2.24) is 0 Å². The molecule has 21 heavy (non-hydrogen) atoms. The minimum Gasteiger partial charge on any atom is -0.324 e. The van der Waals surface area contributed by atoms with E-state index < -0.39 is 0 Å². The summed E-state index contributed by atoms with van der Waals surface area (Å²) in [6, 6.07) is -0.0370. The molecular weight excluding hydrogens is 254 g/mol. The SMILES string of the molecule is C=C/C=C(\C1=CC=C=CC=C1C)C(C)C(N)C(=C)CCC. The van der Waals surface area contributed by atoms with Gasteiger partial charge in [-0.05, 0) is 48.3 Å². The summed E-state index contributed by atoms with van der Waals surface area (Å²) in [7, 11) is 0. The van der Waals surface area contributed by atoms with Gasteiger partial charge in [-0.15, -0.1) is 5.73 Å². The molecule has 1 rings (SSSR count). The summed E-state index contributed by atoms with van der Waals surface area (Å²) in [6.07, 6.45) is 14.0. The van der Waals surface area contributed by atoms with Gasteiger partial charge >= 0.3 is 0 Å². The third-order valence-corrected chi connectivity index (χ3v) is 3.88. The van der Waals surface area contributed by atoms with Gasteiger partial charge in [-0.1, -0.05) is 57.2 Å². The lowest BCUT2D eigenvalue weighted by atomic mass is 9.81. The Bertz CT molecular complexity index is 548. The topological polar surface area (TPSA) is 26.0 Å². The van der Waals surface area contributed by atoms with Gasteiger partial charge in [0.2, 0.25) is 0 Å². The lowest BCUT2D eigenvalue weighted by molar-refractivity contribution is 0.562. The third kappa shape index (κ3) is 4.60. The van der Waals surface area contributed by atoms with Crippen molar-refractivity contribution in [2.24, 2.45) is 11.7 Å². The summed E-state index contributed by atoms with van der Waals surface area (Å²) >= 11 is 0. The number of rotatable bonds is 7. The van der Waals surface area contributed by atoms with Gasteiger partial charge < -0.3 is 5.73 Å². The van der Waals surface area contributed by atoms with Crippen LogP contribution in [0.2, 0.25) is 0 Å². The fraction of sp³-hybridized carbons (Fsp3) is 0.350. The molecule has 0 radical (unpaired) electrons. The van der Waals surface area contributed by atoms with Crippen LogP contribution in [0.3, 0.4) is 0 Å². The van der Waals surface area contributed by atoms with Crippen molar-refractivity contribution in [1.29, 1.82) is 0 Å². The maximum absolute atomic E-state index is 6.41. The summed E-state index contributed by atoms with van der Waals surface area (Å²) in [6.45, 7) is 14.4. The molecule has 112 valence electrons. The number of allylic oxidation sites excluding steroid dienone is 7. The molecule has 0 saturated carbocycles. The monoisotopic (exact) mass is 281 g/mol. The first-order valence-electron chi connectivity index (χ1n) is 7.59. The minimum absolute atomic E-state index is 0.0370. The molecule has 0 saturated heterocycles. The normalized spacial score (nSPS) is 17.6. The van der Waals surface area contributed by atoms with Crippen LogP contribution in [0.1, 0.15) is 33.6 Å². The molecule has 1 nitrogen and oxygen atoms in total. The zero-order chi connectivity index (χ0) is 15.8. The van der Waals surface area contributed by atoms with E-state index in [2.05, 4.69) is 57.9 Å². The quantitative estimate of drug-likeness (QED) is 0.396. The van der Waals surface area contributed by atoms with E-state index in [1.807, 2.05) is 18.2 Å². The van der Waals surface area contributed by atoms with Crippen molar-refractivity contribution in [3.63, 3.8) is 0 Å². The molecule has 0 aromatic carbocycles. The molecule has 1 heteroatoms. The molecule has 1 aliphatic carbocycles. The van der Waals surface area contributed by atoms with Crippen molar-refractivity contribution in [3.05, 3.63) is 77.6 Å². The van der Waals surface area contributed by atoms with Crippen molar-refractivity contribution in [2.75, 3.05) is 0 Å². The highest BCUT2D eigenvalue weighted by Crippen LogP contribution is 2.30. The Morgan fingerprint density at radius 1 is 1.38 bits per heavy atom. The Balaban J connectivity index is 3.11. The Hall–Kier alpha value is -1.82. The smallest absolute Gasteiger partial charge is 0.0318 e. The average molecular weight is 281 g/mol. The van der Waals surface area contributed by atoms with Crippen molar-refractivity contribution in [3.8, 4) is 0 Å². The Kier molecular flexibility index (Phi) is 6.94. The van der Waals surface area contributed by atoms with E-state index in [0.717, 1.165) is 18.4 Å². The van der Waals surface area contributed by atoms with E-state index in [1.54, 1.807) is 0 Å². The first-order chi connectivity index (χ1) is 10.0. The maximum atomic E-state index is 6.41. The molecule has 0 aromatic rings. The molecular formula is C20H27N. The zero-order valence-corrected chi connectivity index (χ0v) is 13.5. The molecule has 2 N–H and O–H groups in total. The van der Waals surface area contributed by atoms with E-state index in [0.29, 0.717) is 0 Å². The standard InChI is InChI=1S/C20H27N/c1-6-11-16(4)20(21)17(5)19(12-7-2)18-14-10-8-9-13-15(18)3/h7,9-10,12-14,17,20H,2,4,6,11,21H2,1,3,5H3/b19-12-. The van der Waals surface area contributed by atoms with Crippen LogP contribution in [0.5, 0.6) is 0 Å². The van der Waals surface area contributed by atoms with Gasteiger partial charge in [0, 0.05) is 12.0 Å². The van der Waals surface area contributed by atoms with Gasteiger partial charge in [0.15, 0.2) is 0 Å². The Morgan fingerprint density at radius 2 is 2.05 bits per heavy atom. The molecule has 0 amide bonds. The molecule has 0 aromatic heterocycles.